The van der Waals surface area contributed by atoms with E-state index in [0.717, 1.165) is 5.56 Å². The topological polar surface area (TPSA) is 126 Å². The molecular formula is C19H24O8. The normalized spacial score (nSPS) is 32.6. The number of carbonyl (C=O) groups excluding carboxylic acids is 1. The Labute approximate surface area is 156 Å². The van der Waals surface area contributed by atoms with Crippen molar-refractivity contribution in [1.29, 1.82) is 0 Å². The SMILES string of the molecule is C=C(COC1OC(CO)C(O)C(O)C1O)C1Cc2cc(C(C)=O)ccc2O1. The number of aliphatic hydroxyl groups excluding tert-OH is 4. The van der Waals surface area contributed by atoms with Gasteiger partial charge in [-0.1, -0.05) is 6.58 Å². The first kappa shape index (κ1) is 19.9. The third kappa shape index (κ3) is 4.06. The van der Waals surface area contributed by atoms with Crippen LogP contribution >= 0.6 is 0 Å². The summed E-state index contributed by atoms with van der Waals surface area (Å²) in [7, 11) is 0. The zero-order valence-electron chi connectivity index (χ0n) is 14.9. The molecular weight excluding hydrogens is 356 g/mol. The number of Topliss-reactive ketones (excluding diaryl/α,β-unsaturated/α-hetero) is 1. The molecule has 4 N–H and O–H groups in total. The van der Waals surface area contributed by atoms with E-state index in [2.05, 4.69) is 6.58 Å². The lowest BCUT2D eigenvalue weighted by atomic mass is 9.99. The van der Waals surface area contributed by atoms with E-state index in [4.69, 9.17) is 14.2 Å². The van der Waals surface area contributed by atoms with Crippen molar-refractivity contribution in [2.75, 3.05) is 13.2 Å². The van der Waals surface area contributed by atoms with Gasteiger partial charge >= 0.3 is 0 Å². The Morgan fingerprint density at radius 2 is 2.00 bits per heavy atom. The summed E-state index contributed by atoms with van der Waals surface area (Å²) >= 11 is 0. The van der Waals surface area contributed by atoms with Gasteiger partial charge in [-0.15, -0.1) is 0 Å². The van der Waals surface area contributed by atoms with Crippen LogP contribution in [0.2, 0.25) is 0 Å². The second-order valence-corrected chi connectivity index (χ2v) is 6.86. The lowest BCUT2D eigenvalue weighted by Crippen LogP contribution is -2.59. The van der Waals surface area contributed by atoms with Gasteiger partial charge in [0.2, 0.25) is 0 Å². The quantitative estimate of drug-likeness (QED) is 0.387. The molecule has 1 fully saturated rings. The number of ether oxygens (including phenoxy) is 3. The van der Waals surface area contributed by atoms with Crippen LogP contribution in [0, 0.1) is 0 Å². The molecule has 2 aliphatic rings. The smallest absolute Gasteiger partial charge is 0.187 e. The molecule has 6 atom stereocenters. The lowest BCUT2D eigenvalue weighted by molar-refractivity contribution is -0.299. The number of aliphatic hydroxyl groups is 4. The van der Waals surface area contributed by atoms with Crippen molar-refractivity contribution in [2.24, 2.45) is 0 Å². The molecule has 0 spiro atoms. The number of fused-ring (bicyclic) bond motifs is 1. The fraction of sp³-hybridized carbons (Fsp3) is 0.526. The van der Waals surface area contributed by atoms with Gasteiger partial charge in [-0.25, -0.2) is 0 Å². The third-order valence-electron chi connectivity index (χ3n) is 4.88. The van der Waals surface area contributed by atoms with Crippen LogP contribution in [0.4, 0.5) is 0 Å². The fourth-order valence-corrected chi connectivity index (χ4v) is 3.18. The van der Waals surface area contributed by atoms with Crippen molar-refractivity contribution in [3.8, 4) is 5.75 Å². The molecule has 1 aromatic carbocycles. The molecule has 1 saturated heterocycles. The maximum absolute atomic E-state index is 11.5. The highest BCUT2D eigenvalue weighted by atomic mass is 16.7. The number of carbonyl (C=O) groups is 1. The highest BCUT2D eigenvalue weighted by molar-refractivity contribution is 5.94. The molecule has 1 aromatic rings. The molecule has 8 nitrogen and oxygen atoms in total. The minimum Gasteiger partial charge on any atom is -0.485 e. The van der Waals surface area contributed by atoms with E-state index >= 15 is 0 Å². The zero-order valence-corrected chi connectivity index (χ0v) is 14.9. The van der Waals surface area contributed by atoms with Gasteiger partial charge in [-0.2, -0.15) is 0 Å². The third-order valence-corrected chi connectivity index (χ3v) is 4.88. The Kier molecular flexibility index (Phi) is 5.95. The summed E-state index contributed by atoms with van der Waals surface area (Å²) in [5.41, 5.74) is 2.11. The van der Waals surface area contributed by atoms with Gasteiger partial charge in [0.1, 0.15) is 36.3 Å². The molecule has 3 rings (SSSR count). The van der Waals surface area contributed by atoms with E-state index in [1.807, 2.05) is 0 Å². The van der Waals surface area contributed by atoms with Crippen LogP contribution in [0.5, 0.6) is 5.75 Å². The first-order chi connectivity index (χ1) is 12.8. The largest absolute Gasteiger partial charge is 0.485 e. The van der Waals surface area contributed by atoms with Gasteiger partial charge in [0.05, 0.1) is 13.2 Å². The van der Waals surface area contributed by atoms with Gasteiger partial charge in [0.15, 0.2) is 12.1 Å². The van der Waals surface area contributed by atoms with Gasteiger partial charge < -0.3 is 34.6 Å². The maximum Gasteiger partial charge on any atom is 0.187 e. The summed E-state index contributed by atoms with van der Waals surface area (Å²) in [6.45, 7) is 4.91. The van der Waals surface area contributed by atoms with Crippen molar-refractivity contribution in [3.63, 3.8) is 0 Å². The summed E-state index contributed by atoms with van der Waals surface area (Å²) in [5.74, 6) is 0.657. The van der Waals surface area contributed by atoms with Crippen LogP contribution < -0.4 is 4.74 Å². The van der Waals surface area contributed by atoms with Crippen molar-refractivity contribution in [1.82, 2.24) is 0 Å². The highest BCUT2D eigenvalue weighted by Crippen LogP contribution is 2.32. The van der Waals surface area contributed by atoms with E-state index in [0.29, 0.717) is 23.3 Å². The average molecular weight is 380 g/mol. The van der Waals surface area contributed by atoms with E-state index in [9.17, 15) is 25.2 Å². The second kappa shape index (κ2) is 8.05. The second-order valence-electron chi connectivity index (χ2n) is 6.86. The van der Waals surface area contributed by atoms with Gasteiger partial charge in [-0.3, -0.25) is 4.79 Å². The molecule has 2 heterocycles. The number of benzene rings is 1. The van der Waals surface area contributed by atoms with Crippen LogP contribution in [0.3, 0.4) is 0 Å². The van der Waals surface area contributed by atoms with Gasteiger partial charge in [0, 0.05) is 12.0 Å². The summed E-state index contributed by atoms with van der Waals surface area (Å²) in [6.07, 6.45) is -6.46. The van der Waals surface area contributed by atoms with Crippen molar-refractivity contribution < 1.29 is 39.4 Å². The molecule has 2 aliphatic heterocycles. The molecule has 0 aliphatic carbocycles. The van der Waals surface area contributed by atoms with Crippen molar-refractivity contribution in [2.45, 2.75) is 50.2 Å². The zero-order chi connectivity index (χ0) is 19.7. The van der Waals surface area contributed by atoms with Gasteiger partial charge in [0.25, 0.3) is 0 Å². The Morgan fingerprint density at radius 1 is 1.26 bits per heavy atom. The van der Waals surface area contributed by atoms with E-state index in [1.54, 1.807) is 18.2 Å². The van der Waals surface area contributed by atoms with Crippen LogP contribution in [0.25, 0.3) is 0 Å². The molecule has 148 valence electrons. The number of hydrogen-bond donors (Lipinski definition) is 4. The number of ketones is 1. The van der Waals surface area contributed by atoms with Crippen LogP contribution in [-0.4, -0.2) is 76.2 Å². The number of rotatable bonds is 6. The first-order valence-electron chi connectivity index (χ1n) is 8.72. The molecule has 0 amide bonds. The average Bonchev–Trinajstić information content (AvgIpc) is 3.08. The Hall–Kier alpha value is -1.81. The van der Waals surface area contributed by atoms with Crippen molar-refractivity contribution in [3.05, 3.63) is 41.5 Å². The van der Waals surface area contributed by atoms with Crippen LogP contribution in [-0.2, 0) is 15.9 Å². The van der Waals surface area contributed by atoms with E-state index < -0.39 is 37.3 Å². The fourth-order valence-electron chi connectivity index (χ4n) is 3.18. The monoisotopic (exact) mass is 380 g/mol. The predicted octanol–water partition coefficient (Wildman–Crippen LogP) is -0.435. The standard InChI is InChI=1S/C19H24O8/c1-9(8-25-19-18(24)17(23)16(22)15(7-20)27-19)14-6-12-5-11(10(2)21)3-4-13(12)26-14/h3-5,14-20,22-24H,1,6-8H2,2H3. The van der Waals surface area contributed by atoms with Gasteiger partial charge in [-0.05, 0) is 36.3 Å². The molecule has 6 unspecified atom stereocenters. The van der Waals surface area contributed by atoms with E-state index in [-0.39, 0.29) is 18.5 Å². The minimum atomic E-state index is -1.49. The van der Waals surface area contributed by atoms with Crippen LogP contribution in [0.1, 0.15) is 22.8 Å². The molecule has 0 aromatic heterocycles. The minimum absolute atomic E-state index is 0.0130. The summed E-state index contributed by atoms with van der Waals surface area (Å²) < 4.78 is 16.6. The Balaban J connectivity index is 1.57. The van der Waals surface area contributed by atoms with Crippen LogP contribution in [0.15, 0.2) is 30.4 Å². The maximum atomic E-state index is 11.5. The molecule has 8 heteroatoms. The number of hydrogen-bond acceptors (Lipinski definition) is 8. The predicted molar refractivity (Wildman–Crippen MR) is 93.4 cm³/mol. The summed E-state index contributed by atoms with van der Waals surface area (Å²) in [6, 6.07) is 5.25. The molecule has 0 saturated carbocycles. The van der Waals surface area contributed by atoms with Crippen molar-refractivity contribution >= 4 is 5.78 Å². The molecule has 0 bridgehead atoms. The highest BCUT2D eigenvalue weighted by Gasteiger charge is 2.44. The molecule has 0 radical (unpaired) electrons. The summed E-state index contributed by atoms with van der Waals surface area (Å²) in [4.78, 5) is 11.5. The Bertz CT molecular complexity index is 716. The first-order valence-corrected chi connectivity index (χ1v) is 8.72. The molecule has 27 heavy (non-hydrogen) atoms. The summed E-state index contributed by atoms with van der Waals surface area (Å²) in [5, 5.41) is 38.8. The Morgan fingerprint density at radius 3 is 2.67 bits per heavy atom. The lowest BCUT2D eigenvalue weighted by Gasteiger charge is -2.39. The van der Waals surface area contributed by atoms with E-state index in [1.165, 1.54) is 6.92 Å².